The molecule has 2 aromatic rings. The summed E-state index contributed by atoms with van der Waals surface area (Å²) >= 11 is 3.11. The van der Waals surface area contributed by atoms with Crippen molar-refractivity contribution < 1.29 is 14.1 Å². The summed E-state index contributed by atoms with van der Waals surface area (Å²) in [6.07, 6.45) is 0. The fourth-order valence-corrected chi connectivity index (χ4v) is 3.22. The molecule has 0 saturated carbocycles. The van der Waals surface area contributed by atoms with Crippen molar-refractivity contribution in [3.05, 3.63) is 68.4 Å². The first-order valence-corrected chi connectivity index (χ1v) is 8.49. The number of rotatable bonds is 3. The van der Waals surface area contributed by atoms with E-state index in [0.717, 1.165) is 0 Å². The third-order valence-electron chi connectivity index (χ3n) is 4.15. The van der Waals surface area contributed by atoms with Crippen LogP contribution in [0.25, 0.3) is 0 Å². The van der Waals surface area contributed by atoms with Crippen LogP contribution in [-0.4, -0.2) is 41.9 Å². The largest absolute Gasteiger partial charge is 0.366 e. The van der Waals surface area contributed by atoms with Crippen molar-refractivity contribution >= 4 is 33.2 Å². The monoisotopic (exact) mass is 407 g/mol. The van der Waals surface area contributed by atoms with Gasteiger partial charge in [-0.05, 0) is 40.2 Å². The van der Waals surface area contributed by atoms with Crippen molar-refractivity contribution in [1.29, 1.82) is 0 Å². The molecule has 25 heavy (non-hydrogen) atoms. The first-order chi connectivity index (χ1) is 12.0. The summed E-state index contributed by atoms with van der Waals surface area (Å²) < 4.78 is 14.2. The van der Waals surface area contributed by atoms with E-state index in [1.807, 2.05) is 4.90 Å². The molecule has 1 amide bonds. The predicted molar refractivity (Wildman–Crippen MR) is 95.3 cm³/mol. The summed E-state index contributed by atoms with van der Waals surface area (Å²) in [5.41, 5.74) is 0.652. The zero-order valence-electron chi connectivity index (χ0n) is 13.2. The van der Waals surface area contributed by atoms with Gasteiger partial charge in [0, 0.05) is 37.8 Å². The third-order valence-corrected chi connectivity index (χ3v) is 4.82. The highest BCUT2D eigenvalue weighted by Gasteiger charge is 2.25. The zero-order valence-corrected chi connectivity index (χ0v) is 14.8. The Morgan fingerprint density at radius 1 is 1.12 bits per heavy atom. The number of piperazine rings is 1. The second-order valence-electron chi connectivity index (χ2n) is 5.65. The van der Waals surface area contributed by atoms with Gasteiger partial charge in [-0.15, -0.1) is 0 Å². The van der Waals surface area contributed by atoms with Gasteiger partial charge < -0.3 is 9.80 Å². The third kappa shape index (κ3) is 3.63. The molecule has 0 atom stereocenters. The summed E-state index contributed by atoms with van der Waals surface area (Å²) in [5.74, 6) is -0.547. The maximum Gasteiger partial charge on any atom is 0.284 e. The molecule has 0 aromatic heterocycles. The fraction of sp³-hybridized carbons (Fsp3) is 0.235. The van der Waals surface area contributed by atoms with Gasteiger partial charge in [0.25, 0.3) is 11.6 Å². The zero-order chi connectivity index (χ0) is 18.0. The topological polar surface area (TPSA) is 66.7 Å². The van der Waals surface area contributed by atoms with Gasteiger partial charge in [-0.2, -0.15) is 0 Å². The van der Waals surface area contributed by atoms with E-state index in [1.165, 1.54) is 18.2 Å². The quantitative estimate of drug-likeness (QED) is 0.577. The van der Waals surface area contributed by atoms with Gasteiger partial charge in [0.05, 0.1) is 15.1 Å². The molecule has 0 radical (unpaired) electrons. The Labute approximate surface area is 152 Å². The molecule has 8 heteroatoms. The fourth-order valence-electron chi connectivity index (χ4n) is 2.83. The van der Waals surface area contributed by atoms with Crippen molar-refractivity contribution in [1.82, 2.24) is 4.90 Å². The minimum atomic E-state index is -0.531. The van der Waals surface area contributed by atoms with Crippen molar-refractivity contribution in [3.8, 4) is 0 Å². The molecule has 0 N–H and O–H groups in total. The molecule has 130 valence electrons. The Balaban J connectivity index is 1.71. The number of nitro groups is 1. The highest BCUT2D eigenvalue weighted by Crippen LogP contribution is 2.27. The molecule has 3 rings (SSSR count). The van der Waals surface area contributed by atoms with E-state index < -0.39 is 4.92 Å². The predicted octanol–water partition coefficient (Wildman–Crippen LogP) is 3.46. The van der Waals surface area contributed by atoms with E-state index in [0.29, 0.717) is 36.3 Å². The second-order valence-corrected chi connectivity index (χ2v) is 6.51. The maximum atomic E-state index is 13.9. The Hall–Kier alpha value is -2.48. The van der Waals surface area contributed by atoms with E-state index >= 15 is 0 Å². The number of para-hydroxylation sites is 1. The molecule has 6 nitrogen and oxygen atoms in total. The SMILES string of the molecule is O=C(c1ccc(Br)c([N+](=O)[O-])c1)N1CCN(c2ccccc2F)CC1. The van der Waals surface area contributed by atoms with Crippen LogP contribution in [-0.2, 0) is 0 Å². The van der Waals surface area contributed by atoms with Crippen LogP contribution in [0.3, 0.4) is 0 Å². The average Bonchev–Trinajstić information content (AvgIpc) is 2.62. The first kappa shape index (κ1) is 17.3. The minimum Gasteiger partial charge on any atom is -0.366 e. The Kier molecular flexibility index (Phi) is 4.98. The highest BCUT2D eigenvalue weighted by atomic mass is 79.9. The lowest BCUT2D eigenvalue weighted by atomic mass is 10.1. The molecule has 2 aromatic carbocycles. The number of hydrogen-bond acceptors (Lipinski definition) is 4. The number of carbonyl (C=O) groups is 1. The molecular formula is C17H15BrFN3O3. The highest BCUT2D eigenvalue weighted by molar-refractivity contribution is 9.10. The van der Waals surface area contributed by atoms with Gasteiger partial charge >= 0.3 is 0 Å². The lowest BCUT2D eigenvalue weighted by Crippen LogP contribution is -2.49. The molecule has 1 aliphatic heterocycles. The lowest BCUT2D eigenvalue weighted by Gasteiger charge is -2.36. The Bertz CT molecular complexity index is 823. The summed E-state index contributed by atoms with van der Waals surface area (Å²) in [7, 11) is 0. The lowest BCUT2D eigenvalue weighted by molar-refractivity contribution is -0.385. The molecule has 0 bridgehead atoms. The summed E-state index contributed by atoms with van der Waals surface area (Å²) in [5, 5.41) is 11.0. The second kappa shape index (κ2) is 7.18. The molecule has 0 unspecified atom stereocenters. The van der Waals surface area contributed by atoms with Gasteiger partial charge in [0.15, 0.2) is 0 Å². The average molecular weight is 408 g/mol. The van der Waals surface area contributed by atoms with Crippen LogP contribution in [0.4, 0.5) is 15.8 Å². The van der Waals surface area contributed by atoms with Gasteiger partial charge in [-0.1, -0.05) is 12.1 Å². The summed E-state index contributed by atoms with van der Waals surface area (Å²) in [6.45, 7) is 1.87. The van der Waals surface area contributed by atoms with Crippen LogP contribution in [0.1, 0.15) is 10.4 Å². The molecule has 1 heterocycles. The number of benzene rings is 2. The van der Waals surface area contributed by atoms with E-state index in [2.05, 4.69) is 15.9 Å². The van der Waals surface area contributed by atoms with Crippen LogP contribution in [0.5, 0.6) is 0 Å². The van der Waals surface area contributed by atoms with Crippen LogP contribution in [0.2, 0.25) is 0 Å². The number of amides is 1. The van der Waals surface area contributed by atoms with Crippen LogP contribution in [0, 0.1) is 15.9 Å². The van der Waals surface area contributed by atoms with Crippen molar-refractivity contribution in [2.75, 3.05) is 31.1 Å². The summed E-state index contributed by atoms with van der Waals surface area (Å²) in [4.78, 5) is 26.6. The van der Waals surface area contributed by atoms with Crippen LogP contribution >= 0.6 is 15.9 Å². The molecule has 0 aliphatic carbocycles. The number of hydrogen-bond donors (Lipinski definition) is 0. The van der Waals surface area contributed by atoms with Crippen molar-refractivity contribution in [3.63, 3.8) is 0 Å². The summed E-state index contributed by atoms with van der Waals surface area (Å²) in [6, 6.07) is 10.9. The number of nitro benzene ring substituents is 1. The number of nitrogens with zero attached hydrogens (tertiary/aromatic N) is 3. The Morgan fingerprint density at radius 3 is 2.44 bits per heavy atom. The maximum absolute atomic E-state index is 13.9. The molecular weight excluding hydrogens is 393 g/mol. The van der Waals surface area contributed by atoms with E-state index in [4.69, 9.17) is 0 Å². The van der Waals surface area contributed by atoms with Gasteiger partial charge in [0.1, 0.15) is 5.82 Å². The smallest absolute Gasteiger partial charge is 0.284 e. The first-order valence-electron chi connectivity index (χ1n) is 7.70. The number of carbonyl (C=O) groups excluding carboxylic acids is 1. The molecule has 1 fully saturated rings. The molecule has 1 aliphatic rings. The van der Waals surface area contributed by atoms with Crippen LogP contribution < -0.4 is 4.90 Å². The van der Waals surface area contributed by atoms with Crippen molar-refractivity contribution in [2.45, 2.75) is 0 Å². The molecule has 1 saturated heterocycles. The van der Waals surface area contributed by atoms with Gasteiger partial charge in [-0.3, -0.25) is 14.9 Å². The van der Waals surface area contributed by atoms with Crippen LogP contribution in [0.15, 0.2) is 46.9 Å². The van der Waals surface area contributed by atoms with Crippen molar-refractivity contribution in [2.24, 2.45) is 0 Å². The Morgan fingerprint density at radius 2 is 1.80 bits per heavy atom. The van der Waals surface area contributed by atoms with E-state index in [1.54, 1.807) is 29.2 Å². The van der Waals surface area contributed by atoms with E-state index in [-0.39, 0.29) is 23.0 Å². The molecule has 0 spiro atoms. The standard InChI is InChI=1S/C17H15BrFN3O3/c18-13-6-5-12(11-16(13)22(24)25)17(23)21-9-7-20(8-10-21)15-4-2-1-3-14(15)19/h1-6,11H,7-10H2. The number of halogens is 2. The van der Waals surface area contributed by atoms with Gasteiger partial charge in [-0.25, -0.2) is 4.39 Å². The number of anilines is 1. The normalized spacial score (nSPS) is 14.5. The van der Waals surface area contributed by atoms with E-state index in [9.17, 15) is 19.3 Å². The minimum absolute atomic E-state index is 0.143. The van der Waals surface area contributed by atoms with Gasteiger partial charge in [0.2, 0.25) is 0 Å².